The minimum Gasteiger partial charge on any atom is -0.378 e. The van der Waals surface area contributed by atoms with Gasteiger partial charge in [-0.25, -0.2) is 4.98 Å². The quantitative estimate of drug-likeness (QED) is 0.568. The zero-order valence-electron chi connectivity index (χ0n) is 15.2. The lowest BCUT2D eigenvalue weighted by atomic mass is 10.1. The number of aromatic amines is 1. The van der Waals surface area contributed by atoms with E-state index in [1.165, 1.54) is 0 Å². The Morgan fingerprint density at radius 1 is 1.04 bits per heavy atom. The van der Waals surface area contributed by atoms with Gasteiger partial charge in [0, 0.05) is 36.3 Å². The fourth-order valence-electron chi connectivity index (χ4n) is 3.24. The first-order valence-electron chi connectivity index (χ1n) is 9.17. The predicted molar refractivity (Wildman–Crippen MR) is 108 cm³/mol. The Morgan fingerprint density at radius 3 is 2.82 bits per heavy atom. The fourth-order valence-corrected chi connectivity index (χ4v) is 3.24. The molecule has 2 N–H and O–H groups in total. The highest BCUT2D eigenvalue weighted by atomic mass is 16.5. The number of aromatic nitrogens is 5. The molecule has 4 aromatic rings. The second kappa shape index (κ2) is 7.24. The van der Waals surface area contributed by atoms with Gasteiger partial charge >= 0.3 is 0 Å². The summed E-state index contributed by atoms with van der Waals surface area (Å²) in [5, 5.41) is 11.5. The fraction of sp³-hybridized carbons (Fsp3) is 0.200. The summed E-state index contributed by atoms with van der Waals surface area (Å²) in [4.78, 5) is 15.9. The van der Waals surface area contributed by atoms with Gasteiger partial charge in [-0.2, -0.15) is 10.1 Å². The van der Waals surface area contributed by atoms with Crippen LogP contribution in [0.5, 0.6) is 0 Å². The van der Waals surface area contributed by atoms with E-state index in [1.807, 2.05) is 36.5 Å². The largest absolute Gasteiger partial charge is 0.378 e. The number of anilines is 3. The number of H-pyrrole nitrogens is 1. The first-order valence-corrected chi connectivity index (χ1v) is 9.17. The highest BCUT2D eigenvalue weighted by Crippen LogP contribution is 2.27. The first-order chi connectivity index (χ1) is 13.8. The molecule has 0 amide bonds. The van der Waals surface area contributed by atoms with E-state index in [9.17, 15) is 0 Å². The van der Waals surface area contributed by atoms with Gasteiger partial charge in [-0.05, 0) is 24.3 Å². The molecule has 140 valence electrons. The van der Waals surface area contributed by atoms with E-state index in [1.54, 1.807) is 12.4 Å². The minimum absolute atomic E-state index is 0.680. The van der Waals surface area contributed by atoms with Crippen molar-refractivity contribution in [1.82, 2.24) is 25.1 Å². The lowest BCUT2D eigenvalue weighted by Crippen LogP contribution is -2.37. The molecule has 8 heteroatoms. The molecule has 28 heavy (non-hydrogen) atoms. The van der Waals surface area contributed by atoms with Crippen LogP contribution in [-0.2, 0) is 4.74 Å². The summed E-state index contributed by atoms with van der Waals surface area (Å²) in [6.07, 6.45) is 5.33. The molecular weight excluding hydrogens is 354 g/mol. The lowest BCUT2D eigenvalue weighted by molar-refractivity contribution is 0.122. The second-order valence-electron chi connectivity index (χ2n) is 6.58. The molecule has 1 saturated heterocycles. The third-order valence-corrected chi connectivity index (χ3v) is 4.68. The number of nitrogens with zero attached hydrogens (tertiary/aromatic N) is 5. The minimum atomic E-state index is 0.680. The Morgan fingerprint density at radius 2 is 1.96 bits per heavy atom. The maximum absolute atomic E-state index is 5.47. The summed E-state index contributed by atoms with van der Waals surface area (Å²) in [7, 11) is 0. The topological polar surface area (TPSA) is 91.9 Å². The van der Waals surface area contributed by atoms with Crippen molar-refractivity contribution in [3.8, 4) is 11.3 Å². The molecule has 0 bridgehead atoms. The van der Waals surface area contributed by atoms with Crippen LogP contribution in [0.2, 0.25) is 0 Å². The maximum atomic E-state index is 5.47. The Bertz CT molecular complexity index is 1090. The third-order valence-electron chi connectivity index (χ3n) is 4.68. The number of benzene rings is 1. The highest BCUT2D eigenvalue weighted by Gasteiger charge is 2.17. The molecule has 1 aliphatic heterocycles. The van der Waals surface area contributed by atoms with Gasteiger partial charge in [-0.15, -0.1) is 0 Å². The summed E-state index contributed by atoms with van der Waals surface area (Å²) in [5.41, 5.74) is 3.75. The number of hydrogen-bond acceptors (Lipinski definition) is 7. The molecule has 0 atom stereocenters. The summed E-state index contributed by atoms with van der Waals surface area (Å²) in [6.45, 7) is 2.91. The van der Waals surface area contributed by atoms with Crippen LogP contribution in [0, 0.1) is 0 Å². The van der Waals surface area contributed by atoms with Crippen molar-refractivity contribution in [3.63, 3.8) is 0 Å². The number of morpholine rings is 1. The Balaban J connectivity index is 1.57. The van der Waals surface area contributed by atoms with Crippen molar-refractivity contribution in [2.75, 3.05) is 36.5 Å². The van der Waals surface area contributed by atoms with Gasteiger partial charge in [0.1, 0.15) is 5.82 Å². The number of rotatable bonds is 4. The summed E-state index contributed by atoms with van der Waals surface area (Å²) < 4.78 is 5.47. The molecule has 0 unspecified atom stereocenters. The number of hydrogen-bond donors (Lipinski definition) is 2. The van der Waals surface area contributed by atoms with E-state index in [4.69, 9.17) is 14.7 Å². The molecule has 4 heterocycles. The van der Waals surface area contributed by atoms with Crippen LogP contribution in [0.1, 0.15) is 0 Å². The standard InChI is InChI=1S/C20H19N7O/c1-2-16(13-21-5-1)23-19-11-18(14-3-4-17-15(10-14)12-22-26-17)24-20(25-19)27-6-8-28-9-7-27/h1-5,10-13H,6-9H2,(H,22,26)(H,23,24,25). The number of ether oxygens (including phenoxy) is 1. The lowest BCUT2D eigenvalue weighted by Gasteiger charge is -2.27. The van der Waals surface area contributed by atoms with E-state index in [0.29, 0.717) is 19.2 Å². The van der Waals surface area contributed by atoms with Gasteiger partial charge in [0.05, 0.1) is 42.5 Å². The molecule has 1 fully saturated rings. The van der Waals surface area contributed by atoms with Crippen molar-refractivity contribution in [2.24, 2.45) is 0 Å². The van der Waals surface area contributed by atoms with Gasteiger partial charge in [-0.1, -0.05) is 6.07 Å². The first kappa shape index (κ1) is 16.6. The molecule has 3 aromatic heterocycles. The van der Waals surface area contributed by atoms with Gasteiger partial charge in [0.15, 0.2) is 0 Å². The molecule has 1 aliphatic rings. The predicted octanol–water partition coefficient (Wildman–Crippen LogP) is 3.00. The zero-order valence-corrected chi connectivity index (χ0v) is 15.2. The van der Waals surface area contributed by atoms with Crippen LogP contribution in [0.3, 0.4) is 0 Å². The van der Waals surface area contributed by atoms with Crippen LogP contribution in [0.25, 0.3) is 22.2 Å². The summed E-state index contributed by atoms with van der Waals surface area (Å²) in [6, 6.07) is 11.9. The van der Waals surface area contributed by atoms with E-state index >= 15 is 0 Å². The Labute approximate surface area is 161 Å². The summed E-state index contributed by atoms with van der Waals surface area (Å²) in [5.74, 6) is 1.42. The number of pyridine rings is 1. The van der Waals surface area contributed by atoms with Crippen LogP contribution in [0.15, 0.2) is 55.0 Å². The average molecular weight is 373 g/mol. The highest BCUT2D eigenvalue weighted by molar-refractivity contribution is 5.84. The van der Waals surface area contributed by atoms with E-state index in [0.717, 1.165) is 46.8 Å². The third kappa shape index (κ3) is 3.37. The Hall–Kier alpha value is -3.52. The molecule has 0 aliphatic carbocycles. The zero-order chi connectivity index (χ0) is 18.8. The monoisotopic (exact) mass is 373 g/mol. The normalized spacial score (nSPS) is 14.4. The van der Waals surface area contributed by atoms with Crippen LogP contribution in [-0.4, -0.2) is 51.5 Å². The Kier molecular flexibility index (Phi) is 4.30. The van der Waals surface area contributed by atoms with Crippen LogP contribution in [0.4, 0.5) is 17.5 Å². The molecule has 0 saturated carbocycles. The average Bonchev–Trinajstić information content (AvgIpc) is 3.23. The van der Waals surface area contributed by atoms with Gasteiger partial charge in [0.2, 0.25) is 5.95 Å². The van der Waals surface area contributed by atoms with E-state index < -0.39 is 0 Å². The number of fused-ring (bicyclic) bond motifs is 1. The molecule has 0 radical (unpaired) electrons. The van der Waals surface area contributed by atoms with Crippen molar-refractivity contribution in [2.45, 2.75) is 0 Å². The van der Waals surface area contributed by atoms with Crippen molar-refractivity contribution in [3.05, 3.63) is 55.0 Å². The smallest absolute Gasteiger partial charge is 0.228 e. The van der Waals surface area contributed by atoms with Crippen LogP contribution >= 0.6 is 0 Å². The molecular formula is C20H19N7O. The van der Waals surface area contributed by atoms with Gasteiger partial charge < -0.3 is 15.0 Å². The molecule has 1 aromatic carbocycles. The maximum Gasteiger partial charge on any atom is 0.228 e. The SMILES string of the molecule is c1cncc(Nc2cc(-c3ccc4[nH]ncc4c3)nc(N3CCOCC3)n2)c1. The second-order valence-corrected chi connectivity index (χ2v) is 6.58. The molecule has 0 spiro atoms. The van der Waals surface area contributed by atoms with Crippen molar-refractivity contribution < 1.29 is 4.74 Å². The van der Waals surface area contributed by atoms with E-state index in [2.05, 4.69) is 31.5 Å². The molecule has 8 nitrogen and oxygen atoms in total. The van der Waals surface area contributed by atoms with Gasteiger partial charge in [-0.3, -0.25) is 10.1 Å². The molecule has 5 rings (SSSR count). The van der Waals surface area contributed by atoms with Crippen molar-refractivity contribution >= 4 is 28.4 Å². The number of nitrogens with one attached hydrogen (secondary N) is 2. The van der Waals surface area contributed by atoms with Crippen molar-refractivity contribution in [1.29, 1.82) is 0 Å². The van der Waals surface area contributed by atoms with Gasteiger partial charge in [0.25, 0.3) is 0 Å². The van der Waals surface area contributed by atoms with Crippen LogP contribution < -0.4 is 10.2 Å². The summed E-state index contributed by atoms with van der Waals surface area (Å²) >= 11 is 0. The van der Waals surface area contributed by atoms with E-state index in [-0.39, 0.29) is 0 Å².